The summed E-state index contributed by atoms with van der Waals surface area (Å²) >= 11 is 0. The largest absolute Gasteiger partial charge is 0.309 e. The number of nitriles is 1. The molecule has 0 aromatic rings. The second-order valence-corrected chi connectivity index (χ2v) is 4.77. The lowest BCUT2D eigenvalue weighted by molar-refractivity contribution is 0.600. The summed E-state index contributed by atoms with van der Waals surface area (Å²) in [5.74, 6) is -0.000602. The molecule has 0 bridgehead atoms. The van der Waals surface area contributed by atoms with E-state index in [0.29, 0.717) is 18.7 Å². The van der Waals surface area contributed by atoms with Gasteiger partial charge in [0.1, 0.15) is 11.0 Å². The minimum absolute atomic E-state index is 0.000602. The molecule has 0 spiro atoms. The highest BCUT2D eigenvalue weighted by Gasteiger charge is 2.23. The summed E-state index contributed by atoms with van der Waals surface area (Å²) in [6, 6.07) is 1.75. The molecule has 0 radical (unpaired) electrons. The molecule has 0 atom stereocenters. The van der Waals surface area contributed by atoms with Gasteiger partial charge < -0.3 is 5.32 Å². The summed E-state index contributed by atoms with van der Waals surface area (Å²) < 4.78 is 22.5. The summed E-state index contributed by atoms with van der Waals surface area (Å²) in [4.78, 5) is -0.0382. The van der Waals surface area contributed by atoms with Crippen LogP contribution in [-0.4, -0.2) is 27.3 Å². The number of nitrogens with zero attached hydrogens (tertiary/aromatic N) is 1. The van der Waals surface area contributed by atoms with Crippen LogP contribution in [-0.2, 0) is 9.84 Å². The molecule has 0 amide bonds. The highest BCUT2D eigenvalue weighted by atomic mass is 32.2. The standard InChI is InChI=1S/C7H10N2O2S/c1-2-12(10,11)7(3-8)6-4-9-5-6/h9H,2,4-5H2,1H3. The molecule has 1 fully saturated rings. The molecule has 0 aromatic carbocycles. The zero-order chi connectivity index (χ0) is 9.19. The molecule has 1 rings (SSSR count). The van der Waals surface area contributed by atoms with E-state index < -0.39 is 9.84 Å². The van der Waals surface area contributed by atoms with E-state index in [0.717, 1.165) is 0 Å². The first-order valence-electron chi connectivity index (χ1n) is 3.67. The Hall–Kier alpha value is -0.860. The van der Waals surface area contributed by atoms with Gasteiger partial charge in [-0.2, -0.15) is 5.26 Å². The number of hydrogen-bond donors (Lipinski definition) is 1. The van der Waals surface area contributed by atoms with Gasteiger partial charge in [-0.25, -0.2) is 8.42 Å². The SMILES string of the molecule is CCS(=O)(=O)C(C#N)=C1CNC1. The van der Waals surface area contributed by atoms with Crippen LogP contribution >= 0.6 is 0 Å². The molecular weight excluding hydrogens is 176 g/mol. The van der Waals surface area contributed by atoms with Crippen molar-refractivity contribution in [1.82, 2.24) is 5.32 Å². The van der Waals surface area contributed by atoms with Crippen LogP contribution in [0.3, 0.4) is 0 Å². The molecule has 0 unspecified atom stereocenters. The number of rotatable bonds is 2. The third-order valence-electron chi connectivity index (χ3n) is 1.79. The molecule has 12 heavy (non-hydrogen) atoms. The highest BCUT2D eigenvalue weighted by molar-refractivity contribution is 7.95. The lowest BCUT2D eigenvalue weighted by Crippen LogP contribution is -2.36. The van der Waals surface area contributed by atoms with Crippen LogP contribution in [0.1, 0.15) is 6.92 Å². The lowest BCUT2D eigenvalue weighted by Gasteiger charge is -2.19. The monoisotopic (exact) mass is 186 g/mol. The van der Waals surface area contributed by atoms with Crippen molar-refractivity contribution in [2.24, 2.45) is 0 Å². The zero-order valence-electron chi connectivity index (χ0n) is 6.79. The Kier molecular flexibility index (Phi) is 2.50. The Morgan fingerprint density at radius 2 is 2.25 bits per heavy atom. The summed E-state index contributed by atoms with van der Waals surface area (Å²) in [5.41, 5.74) is 0.708. The van der Waals surface area contributed by atoms with Gasteiger partial charge in [0.15, 0.2) is 9.84 Å². The summed E-state index contributed by atoms with van der Waals surface area (Å²) in [6.07, 6.45) is 0. The van der Waals surface area contributed by atoms with Crippen LogP contribution in [0.4, 0.5) is 0 Å². The van der Waals surface area contributed by atoms with E-state index in [-0.39, 0.29) is 10.7 Å². The molecule has 1 aliphatic heterocycles. The van der Waals surface area contributed by atoms with Gasteiger partial charge in [0, 0.05) is 13.1 Å². The van der Waals surface area contributed by atoms with Crippen molar-refractivity contribution in [2.75, 3.05) is 18.8 Å². The van der Waals surface area contributed by atoms with E-state index in [1.165, 1.54) is 0 Å². The van der Waals surface area contributed by atoms with Crippen LogP contribution in [0.25, 0.3) is 0 Å². The second-order valence-electron chi connectivity index (χ2n) is 2.55. The summed E-state index contributed by atoms with van der Waals surface area (Å²) in [5, 5.41) is 11.5. The molecule has 1 heterocycles. The van der Waals surface area contributed by atoms with Crippen LogP contribution in [0.15, 0.2) is 10.5 Å². The maximum Gasteiger partial charge on any atom is 0.188 e. The molecule has 66 valence electrons. The summed E-state index contributed by atoms with van der Waals surface area (Å²) in [7, 11) is -3.29. The predicted octanol–water partition coefficient (Wildman–Crippen LogP) is -0.198. The Labute approximate surface area is 71.8 Å². The van der Waals surface area contributed by atoms with Crippen LogP contribution < -0.4 is 5.32 Å². The van der Waals surface area contributed by atoms with Crippen molar-refractivity contribution < 1.29 is 8.42 Å². The molecule has 1 N–H and O–H groups in total. The molecule has 5 heteroatoms. The number of nitrogens with one attached hydrogen (secondary N) is 1. The van der Waals surface area contributed by atoms with E-state index in [1.807, 2.05) is 0 Å². The maximum atomic E-state index is 11.3. The molecule has 0 saturated carbocycles. The van der Waals surface area contributed by atoms with E-state index in [4.69, 9.17) is 5.26 Å². The normalized spacial score (nSPS) is 16.5. The second kappa shape index (κ2) is 3.25. The van der Waals surface area contributed by atoms with Gasteiger partial charge in [-0.05, 0) is 5.57 Å². The van der Waals surface area contributed by atoms with Crippen molar-refractivity contribution in [1.29, 1.82) is 5.26 Å². The predicted molar refractivity (Wildman–Crippen MR) is 45.0 cm³/mol. The first-order chi connectivity index (χ1) is 5.61. The average Bonchev–Trinajstić information content (AvgIpc) is 1.96. The zero-order valence-corrected chi connectivity index (χ0v) is 7.61. The Morgan fingerprint density at radius 1 is 1.67 bits per heavy atom. The van der Waals surface area contributed by atoms with Crippen LogP contribution in [0.2, 0.25) is 0 Å². The molecule has 4 nitrogen and oxygen atoms in total. The third kappa shape index (κ3) is 1.49. The van der Waals surface area contributed by atoms with E-state index in [1.54, 1.807) is 13.0 Å². The molecule has 0 aliphatic carbocycles. The Morgan fingerprint density at radius 3 is 2.50 bits per heavy atom. The number of sulfone groups is 1. The first kappa shape index (κ1) is 9.23. The van der Waals surface area contributed by atoms with E-state index in [2.05, 4.69) is 5.32 Å². The smallest absolute Gasteiger partial charge is 0.188 e. The van der Waals surface area contributed by atoms with Crippen molar-refractivity contribution in [3.63, 3.8) is 0 Å². The number of hydrogen-bond acceptors (Lipinski definition) is 4. The highest BCUT2D eigenvalue weighted by Crippen LogP contribution is 2.15. The van der Waals surface area contributed by atoms with Gasteiger partial charge >= 0.3 is 0 Å². The Balaban J connectivity index is 3.07. The van der Waals surface area contributed by atoms with Gasteiger partial charge in [0.2, 0.25) is 0 Å². The fourth-order valence-electron chi connectivity index (χ4n) is 0.923. The van der Waals surface area contributed by atoms with Gasteiger partial charge in [-0.3, -0.25) is 0 Å². The fourth-order valence-corrected chi connectivity index (χ4v) is 1.94. The lowest BCUT2D eigenvalue weighted by atomic mass is 10.1. The van der Waals surface area contributed by atoms with Crippen molar-refractivity contribution in [3.05, 3.63) is 10.5 Å². The average molecular weight is 186 g/mol. The Bertz CT molecular complexity index is 342. The van der Waals surface area contributed by atoms with Gasteiger partial charge in [-0.1, -0.05) is 6.92 Å². The molecular formula is C7H10N2O2S. The van der Waals surface area contributed by atoms with E-state index in [9.17, 15) is 8.42 Å². The molecule has 0 aromatic heterocycles. The third-order valence-corrected chi connectivity index (χ3v) is 3.55. The molecule has 1 aliphatic rings. The van der Waals surface area contributed by atoms with Crippen molar-refractivity contribution in [2.45, 2.75) is 6.92 Å². The topological polar surface area (TPSA) is 70.0 Å². The first-order valence-corrected chi connectivity index (χ1v) is 5.32. The van der Waals surface area contributed by atoms with Crippen molar-refractivity contribution in [3.8, 4) is 6.07 Å². The summed E-state index contributed by atoms with van der Waals surface area (Å²) in [6.45, 7) is 2.60. The molecule has 1 saturated heterocycles. The van der Waals surface area contributed by atoms with E-state index >= 15 is 0 Å². The fraction of sp³-hybridized carbons (Fsp3) is 0.571. The maximum absolute atomic E-state index is 11.3. The quantitative estimate of drug-likeness (QED) is 0.606. The van der Waals surface area contributed by atoms with Gasteiger partial charge in [0.05, 0.1) is 5.75 Å². The van der Waals surface area contributed by atoms with Gasteiger partial charge in [0.25, 0.3) is 0 Å². The van der Waals surface area contributed by atoms with Gasteiger partial charge in [-0.15, -0.1) is 0 Å². The van der Waals surface area contributed by atoms with Crippen LogP contribution in [0, 0.1) is 11.3 Å². The number of allylic oxidation sites excluding steroid dienone is 1. The minimum Gasteiger partial charge on any atom is -0.309 e. The minimum atomic E-state index is -3.29. The van der Waals surface area contributed by atoms with Crippen LogP contribution in [0.5, 0.6) is 0 Å². The van der Waals surface area contributed by atoms with Crippen molar-refractivity contribution >= 4 is 9.84 Å².